The van der Waals surface area contributed by atoms with Gasteiger partial charge in [0.25, 0.3) is 0 Å². The third kappa shape index (κ3) is 4.20. The quantitative estimate of drug-likeness (QED) is 0.660. The first-order valence-corrected chi connectivity index (χ1v) is 8.83. The van der Waals surface area contributed by atoms with E-state index in [0.717, 1.165) is 35.5 Å². The molecule has 0 fully saturated rings. The van der Waals surface area contributed by atoms with Gasteiger partial charge < -0.3 is 9.88 Å². The molecule has 0 aliphatic rings. The molecule has 1 amide bonds. The first kappa shape index (κ1) is 18.3. The molecule has 0 atom stereocenters. The van der Waals surface area contributed by atoms with Crippen molar-refractivity contribution in [2.75, 3.05) is 11.1 Å². The molecule has 5 nitrogen and oxygen atoms in total. The summed E-state index contributed by atoms with van der Waals surface area (Å²) in [6.07, 6.45) is 0. The van der Waals surface area contributed by atoms with Crippen LogP contribution < -0.4 is 5.32 Å². The number of anilines is 1. The minimum atomic E-state index is -0.701. The van der Waals surface area contributed by atoms with Crippen LogP contribution in [0.3, 0.4) is 0 Å². The average Bonchev–Trinajstić information content (AvgIpc) is 2.98. The number of thioether (sulfide) groups is 1. The lowest BCUT2D eigenvalue weighted by molar-refractivity contribution is -0.113. The van der Waals surface area contributed by atoms with E-state index in [4.69, 9.17) is 11.6 Å². The molecule has 26 heavy (non-hydrogen) atoms. The van der Waals surface area contributed by atoms with Gasteiger partial charge in [-0.15, -0.1) is 10.2 Å². The predicted molar refractivity (Wildman–Crippen MR) is 97.2 cm³/mol. The highest BCUT2D eigenvalue weighted by atomic mass is 35.5. The first-order chi connectivity index (χ1) is 12.4. The summed E-state index contributed by atoms with van der Waals surface area (Å²) in [5, 5.41) is 11.6. The second-order valence-electron chi connectivity index (χ2n) is 5.33. The molecule has 1 heterocycles. The van der Waals surface area contributed by atoms with Crippen molar-refractivity contribution in [1.82, 2.24) is 14.8 Å². The van der Waals surface area contributed by atoms with E-state index >= 15 is 0 Å². The van der Waals surface area contributed by atoms with E-state index in [2.05, 4.69) is 15.5 Å². The highest BCUT2D eigenvalue weighted by Gasteiger charge is 2.14. The Bertz CT molecular complexity index is 946. The molecule has 2 aromatic carbocycles. The fourth-order valence-electron chi connectivity index (χ4n) is 2.20. The van der Waals surface area contributed by atoms with E-state index in [1.165, 1.54) is 0 Å². The number of hydrogen-bond donors (Lipinski definition) is 1. The Balaban J connectivity index is 1.65. The molecule has 9 heteroatoms. The first-order valence-electron chi connectivity index (χ1n) is 7.47. The van der Waals surface area contributed by atoms with Crippen molar-refractivity contribution in [3.05, 3.63) is 59.1 Å². The van der Waals surface area contributed by atoms with Crippen molar-refractivity contribution in [1.29, 1.82) is 0 Å². The summed E-state index contributed by atoms with van der Waals surface area (Å²) < 4.78 is 28.4. The van der Waals surface area contributed by atoms with Crippen molar-refractivity contribution in [2.24, 2.45) is 7.05 Å². The maximum atomic E-state index is 13.6. The Labute approximate surface area is 157 Å². The maximum absolute atomic E-state index is 13.6. The molecule has 0 saturated heterocycles. The number of carbonyl (C=O) groups excluding carboxylic acids is 1. The van der Waals surface area contributed by atoms with Crippen LogP contribution in [0.2, 0.25) is 5.02 Å². The molecule has 0 saturated carbocycles. The Morgan fingerprint density at radius 3 is 2.65 bits per heavy atom. The summed E-state index contributed by atoms with van der Waals surface area (Å²) in [4.78, 5) is 12.0. The molecule has 3 rings (SSSR count). The number of rotatable bonds is 5. The normalized spacial score (nSPS) is 10.8. The van der Waals surface area contributed by atoms with E-state index < -0.39 is 17.5 Å². The average molecular weight is 395 g/mol. The van der Waals surface area contributed by atoms with Gasteiger partial charge in [-0.2, -0.15) is 0 Å². The number of carbonyl (C=O) groups is 1. The van der Waals surface area contributed by atoms with Gasteiger partial charge >= 0.3 is 0 Å². The van der Waals surface area contributed by atoms with Crippen LogP contribution in [0.15, 0.2) is 47.6 Å². The Kier molecular flexibility index (Phi) is 5.53. The fraction of sp³-hybridized carbons (Fsp3) is 0.118. The molecular formula is C17H13ClF2N4OS. The fourth-order valence-corrected chi connectivity index (χ4v) is 3.04. The highest BCUT2D eigenvalue weighted by molar-refractivity contribution is 7.99. The third-order valence-corrected chi connectivity index (χ3v) is 4.74. The van der Waals surface area contributed by atoms with Gasteiger partial charge in [0.15, 0.2) is 11.0 Å². The molecule has 0 aliphatic heterocycles. The molecule has 0 unspecified atom stereocenters. The van der Waals surface area contributed by atoms with Crippen molar-refractivity contribution in [3.8, 4) is 11.4 Å². The number of amides is 1. The van der Waals surface area contributed by atoms with Crippen LogP contribution >= 0.6 is 23.4 Å². The largest absolute Gasteiger partial charge is 0.323 e. The number of aromatic nitrogens is 3. The van der Waals surface area contributed by atoms with Crippen molar-refractivity contribution >= 4 is 35.0 Å². The molecule has 134 valence electrons. The van der Waals surface area contributed by atoms with Crippen LogP contribution in [0.4, 0.5) is 14.5 Å². The molecule has 0 aliphatic carbocycles. The zero-order valence-corrected chi connectivity index (χ0v) is 15.1. The zero-order valence-electron chi connectivity index (χ0n) is 13.5. The molecule has 0 bridgehead atoms. The second-order valence-corrected chi connectivity index (χ2v) is 6.71. The van der Waals surface area contributed by atoms with Crippen molar-refractivity contribution in [2.45, 2.75) is 5.16 Å². The van der Waals surface area contributed by atoms with Crippen LogP contribution in [0.5, 0.6) is 0 Å². The number of nitrogens with zero attached hydrogens (tertiary/aromatic N) is 3. The summed E-state index contributed by atoms with van der Waals surface area (Å²) in [6, 6.07) is 10.0. The summed E-state index contributed by atoms with van der Waals surface area (Å²) in [5.41, 5.74) is 0.637. The smallest absolute Gasteiger partial charge is 0.234 e. The van der Waals surface area contributed by atoms with E-state index in [1.807, 2.05) is 12.1 Å². The van der Waals surface area contributed by atoms with Crippen molar-refractivity contribution < 1.29 is 13.6 Å². The highest BCUT2D eigenvalue weighted by Crippen LogP contribution is 2.24. The maximum Gasteiger partial charge on any atom is 0.234 e. The lowest BCUT2D eigenvalue weighted by Crippen LogP contribution is -2.15. The second kappa shape index (κ2) is 7.84. The number of benzene rings is 2. The number of hydrogen-bond acceptors (Lipinski definition) is 4. The molecule has 1 N–H and O–H groups in total. The summed E-state index contributed by atoms with van der Waals surface area (Å²) >= 11 is 7.01. The van der Waals surface area contributed by atoms with Gasteiger partial charge in [-0.25, -0.2) is 8.78 Å². The van der Waals surface area contributed by atoms with Gasteiger partial charge in [-0.05, 0) is 36.4 Å². The minimum Gasteiger partial charge on any atom is -0.323 e. The monoisotopic (exact) mass is 394 g/mol. The number of nitrogens with one attached hydrogen (secondary N) is 1. The molecule has 1 aromatic heterocycles. The number of halogens is 3. The van der Waals surface area contributed by atoms with Gasteiger partial charge in [-0.1, -0.05) is 23.4 Å². The molecule has 0 spiro atoms. The Morgan fingerprint density at radius 1 is 1.19 bits per heavy atom. The SMILES string of the molecule is Cn1c(SCC(=O)Nc2cc(F)ccc2F)nnc1-c1ccc(Cl)cc1. The minimum absolute atomic E-state index is 0.0253. The summed E-state index contributed by atoms with van der Waals surface area (Å²) in [7, 11) is 1.77. The lowest BCUT2D eigenvalue weighted by Gasteiger charge is -2.07. The van der Waals surface area contributed by atoms with E-state index in [-0.39, 0.29) is 11.4 Å². The summed E-state index contributed by atoms with van der Waals surface area (Å²) in [6.45, 7) is 0. The standard InChI is InChI=1S/C17H13ClF2N4OS/c1-24-16(10-2-4-11(18)5-3-10)22-23-17(24)26-9-15(25)21-14-8-12(19)6-7-13(14)20/h2-8H,9H2,1H3,(H,21,25). The van der Waals surface area contributed by atoms with Gasteiger partial charge in [0.1, 0.15) is 11.6 Å². The molecule has 0 radical (unpaired) electrons. The summed E-state index contributed by atoms with van der Waals surface area (Å²) in [5.74, 6) is -1.21. The Hall–Kier alpha value is -2.45. The Morgan fingerprint density at radius 2 is 1.92 bits per heavy atom. The van der Waals surface area contributed by atoms with Gasteiger partial charge in [0.2, 0.25) is 5.91 Å². The topological polar surface area (TPSA) is 59.8 Å². The van der Waals surface area contributed by atoms with Crippen LogP contribution in [0.1, 0.15) is 0 Å². The van der Waals surface area contributed by atoms with E-state index in [1.54, 1.807) is 23.7 Å². The van der Waals surface area contributed by atoms with E-state index in [9.17, 15) is 13.6 Å². The predicted octanol–water partition coefficient (Wildman–Crippen LogP) is 4.14. The van der Waals surface area contributed by atoms with Gasteiger partial charge in [0, 0.05) is 23.7 Å². The van der Waals surface area contributed by atoms with Crippen LogP contribution in [-0.2, 0) is 11.8 Å². The van der Waals surface area contributed by atoms with Gasteiger partial charge in [-0.3, -0.25) is 4.79 Å². The van der Waals surface area contributed by atoms with Crippen LogP contribution in [0, 0.1) is 11.6 Å². The lowest BCUT2D eigenvalue weighted by atomic mass is 10.2. The van der Waals surface area contributed by atoms with Gasteiger partial charge in [0.05, 0.1) is 11.4 Å². The molecule has 3 aromatic rings. The van der Waals surface area contributed by atoms with Crippen molar-refractivity contribution in [3.63, 3.8) is 0 Å². The van der Waals surface area contributed by atoms with E-state index in [0.29, 0.717) is 16.0 Å². The molecular weight excluding hydrogens is 382 g/mol. The third-order valence-electron chi connectivity index (χ3n) is 3.47. The van der Waals surface area contributed by atoms with Crippen LogP contribution in [0.25, 0.3) is 11.4 Å². The zero-order chi connectivity index (χ0) is 18.7. The van der Waals surface area contributed by atoms with Crippen LogP contribution in [-0.4, -0.2) is 26.4 Å².